The van der Waals surface area contributed by atoms with E-state index in [-0.39, 0.29) is 5.41 Å². The lowest BCUT2D eigenvalue weighted by Crippen LogP contribution is -2.29. The van der Waals surface area contributed by atoms with Gasteiger partial charge in [0.05, 0.1) is 0 Å². The van der Waals surface area contributed by atoms with Crippen LogP contribution in [-0.2, 0) is 16.6 Å². The van der Waals surface area contributed by atoms with Crippen LogP contribution in [0.15, 0.2) is 29.2 Å². The van der Waals surface area contributed by atoms with Crippen molar-refractivity contribution in [3.05, 3.63) is 29.1 Å². The van der Waals surface area contributed by atoms with Gasteiger partial charge in [-0.1, -0.05) is 25.1 Å². The number of sulfonamides is 1. The predicted molar refractivity (Wildman–Crippen MR) is 87.1 cm³/mol. The van der Waals surface area contributed by atoms with E-state index in [0.29, 0.717) is 18.0 Å². The van der Waals surface area contributed by atoms with Gasteiger partial charge in [-0.2, -0.15) is 0 Å². The summed E-state index contributed by atoms with van der Waals surface area (Å²) in [5, 5.41) is 3.88. The quantitative estimate of drug-likeness (QED) is 0.859. The van der Waals surface area contributed by atoms with Crippen LogP contribution in [0.3, 0.4) is 0 Å². The molecule has 3 rings (SSSR count). The molecule has 1 aliphatic carbocycles. The largest absolute Gasteiger partial charge is 0.315 e. The minimum absolute atomic E-state index is 0.155. The average Bonchev–Trinajstić information content (AvgIpc) is 3.06. The summed E-state index contributed by atoms with van der Waals surface area (Å²) in [5.74, 6) is 0. The molecule has 1 saturated carbocycles. The molecule has 1 fully saturated rings. The second kappa shape index (κ2) is 5.35. The Bertz CT molecular complexity index is 761. The molecule has 1 aliphatic rings. The van der Waals surface area contributed by atoms with E-state index in [9.17, 15) is 8.42 Å². The van der Waals surface area contributed by atoms with Crippen molar-refractivity contribution in [1.82, 2.24) is 10.0 Å². The van der Waals surface area contributed by atoms with Crippen LogP contribution in [0.1, 0.15) is 24.6 Å². The van der Waals surface area contributed by atoms with Crippen molar-refractivity contribution in [2.24, 2.45) is 5.41 Å². The van der Waals surface area contributed by atoms with Gasteiger partial charge in [0, 0.05) is 28.1 Å². The molecule has 114 valence electrons. The number of thiophene rings is 1. The molecule has 4 nitrogen and oxygen atoms in total. The first-order valence-corrected chi connectivity index (χ1v) is 9.40. The molecule has 0 aliphatic heterocycles. The molecule has 1 heterocycles. The van der Waals surface area contributed by atoms with Crippen LogP contribution in [0, 0.1) is 5.41 Å². The number of hydrogen-bond acceptors (Lipinski definition) is 4. The molecule has 1 aromatic carbocycles. The lowest BCUT2D eigenvalue weighted by molar-refractivity contribution is 0.530. The first kappa shape index (κ1) is 15.0. The van der Waals surface area contributed by atoms with Gasteiger partial charge >= 0.3 is 0 Å². The van der Waals surface area contributed by atoms with Crippen LogP contribution in [0.4, 0.5) is 0 Å². The van der Waals surface area contributed by atoms with Crippen LogP contribution in [-0.4, -0.2) is 22.0 Å². The van der Waals surface area contributed by atoms with E-state index in [1.807, 2.05) is 31.3 Å². The molecule has 21 heavy (non-hydrogen) atoms. The van der Waals surface area contributed by atoms with Crippen LogP contribution in [0.2, 0.25) is 0 Å². The second-order valence-electron chi connectivity index (χ2n) is 6.02. The summed E-state index contributed by atoms with van der Waals surface area (Å²) in [6.45, 7) is 3.21. The highest BCUT2D eigenvalue weighted by Gasteiger charge is 2.38. The van der Waals surface area contributed by atoms with E-state index < -0.39 is 10.0 Å². The van der Waals surface area contributed by atoms with E-state index in [1.165, 1.54) is 0 Å². The topological polar surface area (TPSA) is 58.2 Å². The Labute approximate surface area is 129 Å². The third-order valence-electron chi connectivity index (χ3n) is 4.02. The Morgan fingerprint density at radius 2 is 2.00 bits per heavy atom. The monoisotopic (exact) mass is 324 g/mol. The van der Waals surface area contributed by atoms with Crippen molar-refractivity contribution in [2.45, 2.75) is 31.2 Å². The Hall–Kier alpha value is -0.950. The Morgan fingerprint density at radius 3 is 2.67 bits per heavy atom. The highest BCUT2D eigenvalue weighted by Crippen LogP contribution is 2.44. The Kier molecular flexibility index (Phi) is 3.81. The van der Waals surface area contributed by atoms with Gasteiger partial charge in [-0.25, -0.2) is 13.1 Å². The normalized spacial score (nSPS) is 17.2. The molecule has 2 aromatic rings. The number of hydrogen-bond donors (Lipinski definition) is 2. The molecule has 0 atom stereocenters. The summed E-state index contributed by atoms with van der Waals surface area (Å²) < 4.78 is 29.3. The third kappa shape index (κ3) is 2.99. The van der Waals surface area contributed by atoms with Gasteiger partial charge in [0.2, 0.25) is 10.0 Å². The molecule has 2 N–H and O–H groups in total. The maximum absolute atomic E-state index is 12.7. The van der Waals surface area contributed by atoms with E-state index in [2.05, 4.69) is 17.0 Å². The highest BCUT2D eigenvalue weighted by atomic mass is 32.2. The fourth-order valence-electron chi connectivity index (χ4n) is 2.38. The van der Waals surface area contributed by atoms with Gasteiger partial charge in [-0.3, -0.25) is 0 Å². The van der Waals surface area contributed by atoms with Gasteiger partial charge in [-0.05, 0) is 31.4 Å². The van der Waals surface area contributed by atoms with Crippen LogP contribution in [0.5, 0.6) is 0 Å². The molecule has 6 heteroatoms. The molecule has 0 unspecified atom stereocenters. The standard InChI is InChI=1S/C15H20N2O2S2/c1-15(7-8-15)10-17-21(18,19)14-11-5-3-4-6-12(11)20-13(14)9-16-2/h3-6,16-17H,7-10H2,1-2H3. The number of benzene rings is 1. The average molecular weight is 324 g/mol. The van der Waals surface area contributed by atoms with E-state index in [0.717, 1.165) is 27.8 Å². The number of fused-ring (bicyclic) bond motifs is 1. The molecule has 0 bridgehead atoms. The summed E-state index contributed by atoms with van der Waals surface area (Å²) in [7, 11) is -1.64. The van der Waals surface area contributed by atoms with Crippen molar-refractivity contribution in [1.29, 1.82) is 0 Å². The molecule has 1 aromatic heterocycles. The fourth-order valence-corrected chi connectivity index (χ4v) is 5.53. The summed E-state index contributed by atoms with van der Waals surface area (Å²) in [4.78, 5) is 1.31. The predicted octanol–water partition coefficient (Wildman–Crippen LogP) is 2.70. The van der Waals surface area contributed by atoms with E-state index >= 15 is 0 Å². The Balaban J connectivity index is 2.02. The maximum Gasteiger partial charge on any atom is 0.242 e. The molecular formula is C15H20N2O2S2. The maximum atomic E-state index is 12.7. The van der Waals surface area contributed by atoms with Gasteiger partial charge in [0.25, 0.3) is 0 Å². The molecule has 0 saturated heterocycles. The smallest absolute Gasteiger partial charge is 0.242 e. The molecule has 0 radical (unpaired) electrons. The number of nitrogens with one attached hydrogen (secondary N) is 2. The van der Waals surface area contributed by atoms with E-state index in [1.54, 1.807) is 11.3 Å². The summed E-state index contributed by atoms with van der Waals surface area (Å²) in [5.41, 5.74) is 0.155. The highest BCUT2D eigenvalue weighted by molar-refractivity contribution is 7.90. The van der Waals surface area contributed by atoms with Crippen molar-refractivity contribution in [3.8, 4) is 0 Å². The van der Waals surface area contributed by atoms with Crippen LogP contribution in [0.25, 0.3) is 10.1 Å². The number of rotatable bonds is 6. The molecule has 0 amide bonds. The van der Waals surface area contributed by atoms with Gasteiger partial charge in [0.1, 0.15) is 4.90 Å². The van der Waals surface area contributed by atoms with Crippen LogP contribution < -0.4 is 10.0 Å². The molecule has 0 spiro atoms. The van der Waals surface area contributed by atoms with Crippen molar-refractivity contribution < 1.29 is 8.42 Å². The zero-order valence-corrected chi connectivity index (χ0v) is 13.9. The third-order valence-corrected chi connectivity index (χ3v) is 6.84. The lowest BCUT2D eigenvalue weighted by Gasteiger charge is -2.12. The minimum Gasteiger partial charge on any atom is -0.315 e. The fraction of sp³-hybridized carbons (Fsp3) is 0.467. The zero-order valence-electron chi connectivity index (χ0n) is 12.3. The van der Waals surface area contributed by atoms with E-state index in [4.69, 9.17) is 0 Å². The van der Waals surface area contributed by atoms with Gasteiger partial charge in [-0.15, -0.1) is 11.3 Å². The summed E-state index contributed by atoms with van der Waals surface area (Å²) in [6.07, 6.45) is 2.20. The van der Waals surface area contributed by atoms with Gasteiger partial charge < -0.3 is 5.32 Å². The molecular weight excluding hydrogens is 304 g/mol. The first-order valence-electron chi connectivity index (χ1n) is 7.10. The van der Waals surface area contributed by atoms with Crippen molar-refractivity contribution >= 4 is 31.4 Å². The summed E-state index contributed by atoms with van der Waals surface area (Å²) >= 11 is 1.54. The zero-order chi connectivity index (χ0) is 15.1. The van der Waals surface area contributed by atoms with Crippen LogP contribution >= 0.6 is 11.3 Å². The lowest BCUT2D eigenvalue weighted by atomic mass is 10.2. The van der Waals surface area contributed by atoms with Crippen molar-refractivity contribution in [2.75, 3.05) is 13.6 Å². The van der Waals surface area contributed by atoms with Gasteiger partial charge in [0.15, 0.2) is 0 Å². The first-order chi connectivity index (χ1) is 9.95. The SMILES string of the molecule is CNCc1sc2ccccc2c1S(=O)(=O)NCC1(C)CC1. The van der Waals surface area contributed by atoms with Crippen molar-refractivity contribution in [3.63, 3.8) is 0 Å². The Morgan fingerprint density at radius 1 is 1.29 bits per heavy atom. The summed E-state index contributed by atoms with van der Waals surface area (Å²) in [6, 6.07) is 7.69. The minimum atomic E-state index is -3.47. The second-order valence-corrected chi connectivity index (χ2v) is 8.86.